The summed E-state index contributed by atoms with van der Waals surface area (Å²) in [6.07, 6.45) is 0.155. The summed E-state index contributed by atoms with van der Waals surface area (Å²) in [7, 11) is 1.60. The molecule has 3 aromatic carbocycles. The number of amides is 3. The fraction of sp³-hybridized carbons (Fsp3) is 0.250. The minimum absolute atomic E-state index is 0.109. The van der Waals surface area contributed by atoms with E-state index in [2.05, 4.69) is 26.6 Å². The van der Waals surface area contributed by atoms with Crippen LogP contribution in [0, 0.1) is 12.8 Å². The molecular formula is C28H28BrN3O5. The van der Waals surface area contributed by atoms with Crippen LogP contribution in [0.3, 0.4) is 0 Å². The van der Waals surface area contributed by atoms with E-state index in [1.54, 1.807) is 36.3 Å². The summed E-state index contributed by atoms with van der Waals surface area (Å²) < 4.78 is 11.7. The van der Waals surface area contributed by atoms with Gasteiger partial charge in [0.05, 0.1) is 13.0 Å². The molecule has 1 saturated heterocycles. The molecular weight excluding hydrogens is 538 g/mol. The summed E-state index contributed by atoms with van der Waals surface area (Å²) in [4.78, 5) is 39.1. The number of carbonyl (C=O) groups excluding carboxylic acids is 3. The number of methoxy groups -OCH3 is 1. The van der Waals surface area contributed by atoms with E-state index in [9.17, 15) is 14.4 Å². The van der Waals surface area contributed by atoms with Gasteiger partial charge in [-0.25, -0.2) is 0 Å². The Balaban J connectivity index is 1.26. The van der Waals surface area contributed by atoms with Gasteiger partial charge in [-0.15, -0.1) is 0 Å². The van der Waals surface area contributed by atoms with Crippen LogP contribution < -0.4 is 25.0 Å². The number of ether oxygens (including phenoxy) is 2. The molecule has 0 saturated carbocycles. The van der Waals surface area contributed by atoms with Crippen LogP contribution in [0.1, 0.15) is 17.5 Å². The molecule has 3 aromatic rings. The number of nitrogens with zero attached hydrogens (tertiary/aromatic N) is 1. The molecule has 2 N–H and O–H groups in total. The van der Waals surface area contributed by atoms with Gasteiger partial charge in [-0.3, -0.25) is 14.4 Å². The van der Waals surface area contributed by atoms with E-state index in [4.69, 9.17) is 9.47 Å². The first-order valence-corrected chi connectivity index (χ1v) is 12.6. The highest BCUT2D eigenvalue weighted by molar-refractivity contribution is 9.10. The zero-order valence-corrected chi connectivity index (χ0v) is 22.2. The SMILES string of the molecule is COc1ccc(CNC(=O)[C@H]2CC(=O)N(c3ccc(OCC(=O)Nc4ccc(Br)c(C)c4)cc3)C2)cc1. The number of nitrogens with one attached hydrogen (secondary N) is 2. The Labute approximate surface area is 224 Å². The summed E-state index contributed by atoms with van der Waals surface area (Å²) in [5, 5.41) is 5.71. The van der Waals surface area contributed by atoms with E-state index in [1.165, 1.54) is 0 Å². The second-order valence-corrected chi connectivity index (χ2v) is 9.62. The minimum Gasteiger partial charge on any atom is -0.497 e. The Bertz CT molecular complexity index is 1280. The van der Waals surface area contributed by atoms with Crippen molar-refractivity contribution in [2.24, 2.45) is 5.92 Å². The lowest BCUT2D eigenvalue weighted by Crippen LogP contribution is -2.32. The third-order valence-corrected chi connectivity index (χ3v) is 6.97. The summed E-state index contributed by atoms with van der Waals surface area (Å²) in [6.45, 7) is 2.49. The lowest BCUT2D eigenvalue weighted by Gasteiger charge is -2.17. The van der Waals surface area contributed by atoms with Gasteiger partial charge in [-0.1, -0.05) is 28.1 Å². The molecule has 3 amide bonds. The first-order valence-electron chi connectivity index (χ1n) is 11.8. The molecule has 1 heterocycles. The van der Waals surface area contributed by atoms with Gasteiger partial charge in [-0.05, 0) is 72.6 Å². The van der Waals surface area contributed by atoms with Crippen molar-refractivity contribution in [3.8, 4) is 11.5 Å². The van der Waals surface area contributed by atoms with E-state index in [0.717, 1.165) is 21.3 Å². The maximum absolute atomic E-state index is 12.7. The molecule has 9 heteroatoms. The maximum Gasteiger partial charge on any atom is 0.262 e. The topological polar surface area (TPSA) is 97.0 Å². The van der Waals surface area contributed by atoms with Crippen LogP contribution >= 0.6 is 15.9 Å². The van der Waals surface area contributed by atoms with Gasteiger partial charge in [0, 0.05) is 35.4 Å². The largest absolute Gasteiger partial charge is 0.497 e. The second kappa shape index (κ2) is 11.9. The van der Waals surface area contributed by atoms with Crippen molar-refractivity contribution in [3.05, 3.63) is 82.3 Å². The average molecular weight is 566 g/mol. The number of hydrogen-bond donors (Lipinski definition) is 2. The molecule has 0 bridgehead atoms. The standard InChI is InChI=1S/C28H28BrN3O5/c1-18-13-21(5-12-25(18)29)31-26(33)17-37-24-10-6-22(7-11-24)32-16-20(14-27(32)34)28(35)30-15-19-3-8-23(36-2)9-4-19/h3-13,20H,14-17H2,1-2H3,(H,30,35)(H,31,33)/t20-/m0/s1. The predicted molar refractivity (Wildman–Crippen MR) is 145 cm³/mol. The highest BCUT2D eigenvalue weighted by Gasteiger charge is 2.35. The van der Waals surface area contributed by atoms with Gasteiger partial charge in [0.15, 0.2) is 6.61 Å². The molecule has 1 atom stereocenters. The van der Waals surface area contributed by atoms with E-state index in [0.29, 0.717) is 30.2 Å². The van der Waals surface area contributed by atoms with Crippen LogP contribution in [0.4, 0.5) is 11.4 Å². The van der Waals surface area contributed by atoms with Crippen molar-refractivity contribution in [2.75, 3.05) is 30.5 Å². The van der Waals surface area contributed by atoms with Crippen LogP contribution in [0.15, 0.2) is 71.2 Å². The molecule has 1 aliphatic heterocycles. The van der Waals surface area contributed by atoms with Crippen LogP contribution in [0.5, 0.6) is 11.5 Å². The summed E-state index contributed by atoms with van der Waals surface area (Å²) >= 11 is 3.44. The molecule has 37 heavy (non-hydrogen) atoms. The minimum atomic E-state index is -0.424. The van der Waals surface area contributed by atoms with Gasteiger partial charge in [0.1, 0.15) is 11.5 Å². The molecule has 8 nitrogen and oxygen atoms in total. The van der Waals surface area contributed by atoms with Gasteiger partial charge in [-0.2, -0.15) is 0 Å². The van der Waals surface area contributed by atoms with Crippen LogP contribution in [-0.2, 0) is 20.9 Å². The van der Waals surface area contributed by atoms with Crippen molar-refractivity contribution < 1.29 is 23.9 Å². The van der Waals surface area contributed by atoms with Crippen molar-refractivity contribution >= 4 is 45.0 Å². The highest BCUT2D eigenvalue weighted by atomic mass is 79.9. The maximum atomic E-state index is 12.7. The summed E-state index contributed by atoms with van der Waals surface area (Å²) in [5.74, 6) is 0.298. The Morgan fingerprint density at radius 1 is 1.03 bits per heavy atom. The fourth-order valence-electron chi connectivity index (χ4n) is 4.00. The monoisotopic (exact) mass is 565 g/mol. The molecule has 0 aromatic heterocycles. The fourth-order valence-corrected chi connectivity index (χ4v) is 4.25. The molecule has 1 fully saturated rings. The molecule has 4 rings (SSSR count). The van der Waals surface area contributed by atoms with Crippen molar-refractivity contribution in [1.29, 1.82) is 0 Å². The van der Waals surface area contributed by atoms with Gasteiger partial charge < -0.3 is 25.0 Å². The normalized spacial score (nSPS) is 14.8. The van der Waals surface area contributed by atoms with Crippen molar-refractivity contribution in [1.82, 2.24) is 5.32 Å². The summed E-state index contributed by atoms with van der Waals surface area (Å²) in [5.41, 5.74) is 3.34. The van der Waals surface area contributed by atoms with E-state index < -0.39 is 5.92 Å². The lowest BCUT2D eigenvalue weighted by atomic mass is 10.1. The Morgan fingerprint density at radius 2 is 1.73 bits per heavy atom. The van der Waals surface area contributed by atoms with Crippen LogP contribution in [0.25, 0.3) is 0 Å². The van der Waals surface area contributed by atoms with Crippen LogP contribution in [-0.4, -0.2) is 38.0 Å². The van der Waals surface area contributed by atoms with E-state index in [-0.39, 0.29) is 30.7 Å². The molecule has 0 spiro atoms. The number of carbonyl (C=O) groups is 3. The quantitative estimate of drug-likeness (QED) is 0.399. The summed E-state index contributed by atoms with van der Waals surface area (Å²) in [6, 6.07) is 19.9. The first-order chi connectivity index (χ1) is 17.8. The average Bonchev–Trinajstić information content (AvgIpc) is 3.30. The van der Waals surface area contributed by atoms with Gasteiger partial charge >= 0.3 is 0 Å². The third-order valence-electron chi connectivity index (χ3n) is 6.08. The third kappa shape index (κ3) is 6.89. The number of aryl methyl sites for hydroxylation is 1. The number of hydrogen-bond acceptors (Lipinski definition) is 5. The zero-order chi connectivity index (χ0) is 26.4. The zero-order valence-electron chi connectivity index (χ0n) is 20.6. The molecule has 0 aliphatic carbocycles. The van der Waals surface area contributed by atoms with Crippen molar-refractivity contribution in [2.45, 2.75) is 19.9 Å². The first kappa shape index (κ1) is 26.2. The number of halogens is 1. The smallest absolute Gasteiger partial charge is 0.262 e. The Hall–Kier alpha value is -3.85. The Morgan fingerprint density at radius 3 is 2.41 bits per heavy atom. The second-order valence-electron chi connectivity index (χ2n) is 8.77. The highest BCUT2D eigenvalue weighted by Crippen LogP contribution is 2.27. The molecule has 0 radical (unpaired) electrons. The molecule has 192 valence electrons. The van der Waals surface area contributed by atoms with Crippen molar-refractivity contribution in [3.63, 3.8) is 0 Å². The Kier molecular flexibility index (Phi) is 8.45. The van der Waals surface area contributed by atoms with Crippen LogP contribution in [0.2, 0.25) is 0 Å². The predicted octanol–water partition coefficient (Wildman–Crippen LogP) is 4.45. The van der Waals surface area contributed by atoms with Gasteiger partial charge in [0.25, 0.3) is 5.91 Å². The lowest BCUT2D eigenvalue weighted by molar-refractivity contribution is -0.126. The van der Waals surface area contributed by atoms with Gasteiger partial charge in [0.2, 0.25) is 11.8 Å². The number of anilines is 2. The molecule has 1 aliphatic rings. The molecule has 0 unspecified atom stereocenters. The number of rotatable bonds is 9. The van der Waals surface area contributed by atoms with E-state index in [1.807, 2.05) is 49.4 Å². The van der Waals surface area contributed by atoms with E-state index >= 15 is 0 Å². The number of benzene rings is 3.